The highest BCUT2D eigenvalue weighted by molar-refractivity contribution is 5.71. The van der Waals surface area contributed by atoms with E-state index in [1.165, 1.54) is 0 Å². The first-order valence-electron chi connectivity index (χ1n) is 3.86. The molecule has 0 aromatic heterocycles. The van der Waals surface area contributed by atoms with Crippen LogP contribution in [0.15, 0.2) is 53.7 Å². The second-order valence-corrected chi connectivity index (χ2v) is 2.34. The Bertz CT molecular complexity index is 242. The summed E-state index contributed by atoms with van der Waals surface area (Å²) in [4.78, 5) is 4.06. The van der Waals surface area contributed by atoms with Crippen LogP contribution in [-0.2, 0) is 0 Å². The van der Waals surface area contributed by atoms with Gasteiger partial charge in [0.2, 0.25) is 0 Å². The van der Waals surface area contributed by atoms with E-state index in [-0.39, 0.29) is 0 Å². The molecule has 0 saturated heterocycles. The molecule has 0 aromatic rings. The van der Waals surface area contributed by atoms with Gasteiger partial charge in [0.25, 0.3) is 0 Å². The van der Waals surface area contributed by atoms with Crippen molar-refractivity contribution >= 4 is 6.21 Å². The molecule has 0 radical (unpaired) electrons. The zero-order chi connectivity index (χ0) is 9.40. The maximum absolute atomic E-state index is 4.06. The first kappa shape index (κ1) is 10.6. The molecule has 0 aliphatic heterocycles. The minimum Gasteiger partial charge on any atom is -0.257 e. The van der Waals surface area contributed by atoms with Crippen molar-refractivity contribution in [2.75, 3.05) is 0 Å². The zero-order valence-electron chi connectivity index (χ0n) is 7.75. The molecule has 0 spiro atoms. The third kappa shape index (κ3) is 4.45. The summed E-state index contributed by atoms with van der Waals surface area (Å²) in [7, 11) is 0. The van der Waals surface area contributed by atoms with Gasteiger partial charge in [0, 0.05) is 6.21 Å². The molecule has 0 aliphatic carbocycles. The van der Waals surface area contributed by atoms with Crippen LogP contribution in [0.25, 0.3) is 0 Å². The molecule has 0 saturated carbocycles. The Balaban J connectivity index is 4.28. The molecule has 0 atom stereocenters. The Morgan fingerprint density at radius 3 is 2.58 bits per heavy atom. The second-order valence-electron chi connectivity index (χ2n) is 2.34. The fourth-order valence-electron chi connectivity index (χ4n) is 0.581. The van der Waals surface area contributed by atoms with Gasteiger partial charge in [-0.05, 0) is 19.4 Å². The van der Waals surface area contributed by atoms with Crippen LogP contribution in [-0.4, -0.2) is 6.21 Å². The molecule has 0 rings (SSSR count). The quantitative estimate of drug-likeness (QED) is 0.443. The zero-order valence-corrected chi connectivity index (χ0v) is 7.75. The highest BCUT2D eigenvalue weighted by Gasteiger charge is 1.89. The van der Waals surface area contributed by atoms with E-state index in [1.807, 2.05) is 32.1 Å². The lowest BCUT2D eigenvalue weighted by Crippen LogP contribution is -1.78. The molecule has 0 bridgehead atoms. The number of allylic oxidation sites excluding steroid dienone is 5. The second kappa shape index (κ2) is 6.35. The Morgan fingerprint density at radius 1 is 1.42 bits per heavy atom. The molecule has 0 amide bonds. The fraction of sp³-hybridized carbons (Fsp3) is 0.182. The van der Waals surface area contributed by atoms with Crippen LogP contribution in [0, 0.1) is 0 Å². The van der Waals surface area contributed by atoms with Crippen molar-refractivity contribution in [1.82, 2.24) is 0 Å². The molecule has 64 valence electrons. The van der Waals surface area contributed by atoms with Crippen molar-refractivity contribution in [3.05, 3.63) is 48.7 Å². The van der Waals surface area contributed by atoms with Gasteiger partial charge in [-0.3, -0.25) is 4.99 Å². The summed E-state index contributed by atoms with van der Waals surface area (Å²) in [6, 6.07) is 0. The lowest BCUT2D eigenvalue weighted by molar-refractivity contribution is 1.31. The first-order chi connectivity index (χ1) is 5.72. The molecule has 12 heavy (non-hydrogen) atoms. The van der Waals surface area contributed by atoms with Gasteiger partial charge in [0.1, 0.15) is 0 Å². The van der Waals surface area contributed by atoms with E-state index in [2.05, 4.69) is 18.2 Å². The van der Waals surface area contributed by atoms with Gasteiger partial charge in [-0.1, -0.05) is 37.5 Å². The Labute approximate surface area is 74.5 Å². The average Bonchev–Trinajstić information content (AvgIpc) is 2.10. The van der Waals surface area contributed by atoms with E-state index in [1.54, 1.807) is 12.3 Å². The fourth-order valence-corrected chi connectivity index (χ4v) is 0.581. The number of hydrogen-bond acceptors (Lipinski definition) is 1. The van der Waals surface area contributed by atoms with Crippen LogP contribution >= 0.6 is 0 Å². The van der Waals surface area contributed by atoms with Crippen LogP contribution in [0.3, 0.4) is 0 Å². The highest BCUT2D eigenvalue weighted by Crippen LogP contribution is 2.07. The molecule has 0 aromatic carbocycles. The maximum atomic E-state index is 4.06. The number of nitrogens with zero attached hydrogens (tertiary/aromatic N) is 1. The molecule has 1 heteroatoms. The average molecular weight is 161 g/mol. The predicted molar refractivity (Wildman–Crippen MR) is 56.4 cm³/mol. The molecule has 1 nitrogen and oxygen atoms in total. The van der Waals surface area contributed by atoms with Crippen molar-refractivity contribution in [2.45, 2.75) is 13.8 Å². The minimum absolute atomic E-state index is 0.771. The van der Waals surface area contributed by atoms with E-state index in [9.17, 15) is 0 Å². The van der Waals surface area contributed by atoms with Gasteiger partial charge in [-0.15, -0.1) is 0 Å². The van der Waals surface area contributed by atoms with Crippen LogP contribution in [0.2, 0.25) is 0 Å². The third-order valence-corrected chi connectivity index (χ3v) is 1.33. The summed E-state index contributed by atoms with van der Waals surface area (Å²) in [6.45, 7) is 11.3. The predicted octanol–water partition coefficient (Wildman–Crippen LogP) is 3.28. The summed E-state index contributed by atoms with van der Waals surface area (Å²) in [6.07, 6.45) is 9.17. The maximum Gasteiger partial charge on any atom is 0.0587 e. The number of aliphatic imine (C=N–C) groups is 1. The summed E-state index contributed by atoms with van der Waals surface area (Å²) in [5.41, 5.74) is 1.83. The lowest BCUT2D eigenvalue weighted by Gasteiger charge is -1.95. The lowest BCUT2D eigenvalue weighted by atomic mass is 10.2. The minimum atomic E-state index is 0.771. The third-order valence-electron chi connectivity index (χ3n) is 1.33. The topological polar surface area (TPSA) is 12.4 Å². The van der Waals surface area contributed by atoms with Gasteiger partial charge in [0.05, 0.1) is 5.70 Å². The monoisotopic (exact) mass is 161 g/mol. The summed E-state index contributed by atoms with van der Waals surface area (Å²) in [5.74, 6) is 0. The molecular weight excluding hydrogens is 146 g/mol. The van der Waals surface area contributed by atoms with Gasteiger partial charge in [0.15, 0.2) is 0 Å². The summed E-state index contributed by atoms with van der Waals surface area (Å²) >= 11 is 0. The standard InChI is InChI=1S/C11H15N/c1-5-7-8-10(3)11(4)12-9-6-2/h5-9H,2,4H2,1,3H3/b7-5-,10-8+,12-9?. The van der Waals surface area contributed by atoms with Gasteiger partial charge >= 0.3 is 0 Å². The van der Waals surface area contributed by atoms with Gasteiger partial charge in [-0.2, -0.15) is 0 Å². The molecule has 0 fully saturated rings. The molecule has 0 heterocycles. The highest BCUT2D eigenvalue weighted by atomic mass is 14.7. The van der Waals surface area contributed by atoms with Crippen LogP contribution in [0.4, 0.5) is 0 Å². The molecule has 0 unspecified atom stereocenters. The van der Waals surface area contributed by atoms with E-state index < -0.39 is 0 Å². The summed E-state index contributed by atoms with van der Waals surface area (Å²) in [5, 5.41) is 0. The normalized spacial score (nSPS) is 12.7. The van der Waals surface area contributed by atoms with E-state index >= 15 is 0 Å². The van der Waals surface area contributed by atoms with E-state index in [0.29, 0.717) is 0 Å². The number of rotatable bonds is 4. The smallest absolute Gasteiger partial charge is 0.0587 e. The van der Waals surface area contributed by atoms with Crippen LogP contribution in [0.1, 0.15) is 13.8 Å². The number of hydrogen-bond donors (Lipinski definition) is 0. The Hall–Kier alpha value is -1.37. The van der Waals surface area contributed by atoms with Crippen molar-refractivity contribution in [2.24, 2.45) is 4.99 Å². The van der Waals surface area contributed by atoms with E-state index in [4.69, 9.17) is 0 Å². The van der Waals surface area contributed by atoms with Gasteiger partial charge in [-0.25, -0.2) is 0 Å². The first-order valence-corrected chi connectivity index (χ1v) is 3.86. The SMILES string of the molecule is C=CC=NC(=C)/C(C)=C/C=C\C. The van der Waals surface area contributed by atoms with Crippen molar-refractivity contribution in [3.8, 4) is 0 Å². The molecular formula is C11H15N. The Morgan fingerprint density at radius 2 is 2.08 bits per heavy atom. The Kier molecular flexibility index (Phi) is 5.62. The van der Waals surface area contributed by atoms with Crippen molar-refractivity contribution in [3.63, 3.8) is 0 Å². The van der Waals surface area contributed by atoms with E-state index in [0.717, 1.165) is 11.3 Å². The van der Waals surface area contributed by atoms with Gasteiger partial charge < -0.3 is 0 Å². The molecule has 0 aliphatic rings. The molecule has 0 N–H and O–H groups in total. The van der Waals surface area contributed by atoms with Crippen molar-refractivity contribution in [1.29, 1.82) is 0 Å². The summed E-state index contributed by atoms with van der Waals surface area (Å²) < 4.78 is 0. The van der Waals surface area contributed by atoms with Crippen LogP contribution < -0.4 is 0 Å². The van der Waals surface area contributed by atoms with Crippen LogP contribution in [0.5, 0.6) is 0 Å². The van der Waals surface area contributed by atoms with Crippen molar-refractivity contribution < 1.29 is 0 Å². The largest absolute Gasteiger partial charge is 0.257 e.